The fourth-order valence-corrected chi connectivity index (χ4v) is 4.62. The van der Waals surface area contributed by atoms with Crippen LogP contribution in [0.2, 0.25) is 4.34 Å². The molecule has 0 radical (unpaired) electrons. The van der Waals surface area contributed by atoms with E-state index < -0.39 is 11.7 Å². The summed E-state index contributed by atoms with van der Waals surface area (Å²) < 4.78 is 42.1. The van der Waals surface area contributed by atoms with Gasteiger partial charge in [0.1, 0.15) is 0 Å². The van der Waals surface area contributed by atoms with Gasteiger partial charge in [-0.1, -0.05) is 23.7 Å². The highest BCUT2D eigenvalue weighted by atomic mass is 35.5. The fourth-order valence-electron chi connectivity index (χ4n) is 3.55. The van der Waals surface area contributed by atoms with Crippen LogP contribution in [0.15, 0.2) is 36.4 Å². The molecule has 0 aliphatic carbocycles. The van der Waals surface area contributed by atoms with Gasteiger partial charge in [0.2, 0.25) is 5.91 Å². The van der Waals surface area contributed by atoms with Gasteiger partial charge in [0.15, 0.2) is 0 Å². The number of aromatic nitrogens is 2. The number of benzene rings is 1. The second-order valence-corrected chi connectivity index (χ2v) is 8.71. The molecule has 0 spiro atoms. The molecule has 152 valence electrons. The quantitative estimate of drug-likeness (QED) is 0.560. The first-order valence-corrected chi connectivity index (χ1v) is 10.2. The Morgan fingerprint density at radius 3 is 2.72 bits per heavy atom. The van der Waals surface area contributed by atoms with E-state index in [0.717, 1.165) is 28.3 Å². The highest BCUT2D eigenvalue weighted by Crippen LogP contribution is 2.35. The van der Waals surface area contributed by atoms with Crippen molar-refractivity contribution in [3.63, 3.8) is 0 Å². The van der Waals surface area contributed by atoms with Crippen molar-refractivity contribution in [3.8, 4) is 11.3 Å². The number of amides is 1. The zero-order valence-corrected chi connectivity index (χ0v) is 17.0. The summed E-state index contributed by atoms with van der Waals surface area (Å²) in [5.41, 5.74) is 1.90. The van der Waals surface area contributed by atoms with Gasteiger partial charge in [-0.3, -0.25) is 9.48 Å². The number of nitrogens with zero attached hydrogens (tertiary/aromatic N) is 3. The van der Waals surface area contributed by atoms with Crippen molar-refractivity contribution in [2.75, 3.05) is 6.54 Å². The van der Waals surface area contributed by atoms with Crippen LogP contribution in [-0.2, 0) is 30.5 Å². The van der Waals surface area contributed by atoms with Crippen molar-refractivity contribution in [1.82, 2.24) is 14.7 Å². The third kappa shape index (κ3) is 4.04. The average molecular weight is 440 g/mol. The van der Waals surface area contributed by atoms with Gasteiger partial charge < -0.3 is 4.90 Å². The summed E-state index contributed by atoms with van der Waals surface area (Å²) in [6.45, 7) is 2.87. The predicted octanol–water partition coefficient (Wildman–Crippen LogP) is 5.24. The predicted molar refractivity (Wildman–Crippen MR) is 106 cm³/mol. The topological polar surface area (TPSA) is 38.1 Å². The van der Waals surface area contributed by atoms with Crippen molar-refractivity contribution in [1.29, 1.82) is 0 Å². The first kappa shape index (κ1) is 20.0. The number of halogens is 4. The highest BCUT2D eigenvalue weighted by molar-refractivity contribution is 7.16. The van der Waals surface area contributed by atoms with Crippen molar-refractivity contribution in [3.05, 3.63) is 62.4 Å². The second-order valence-electron chi connectivity index (χ2n) is 6.91. The summed E-state index contributed by atoms with van der Waals surface area (Å²) in [5, 5.41) is 4.66. The molecule has 1 aromatic carbocycles. The van der Waals surface area contributed by atoms with Crippen LogP contribution in [0.25, 0.3) is 11.3 Å². The van der Waals surface area contributed by atoms with E-state index in [9.17, 15) is 18.0 Å². The Morgan fingerprint density at radius 2 is 2.07 bits per heavy atom. The molecule has 9 heteroatoms. The number of hydrogen-bond acceptors (Lipinski definition) is 3. The molecule has 1 aliphatic heterocycles. The third-order valence-electron chi connectivity index (χ3n) is 4.98. The Kier molecular flexibility index (Phi) is 5.16. The standard InChI is InChI=1S/C20H17ClF3N3OS/c1-12(28)26-8-7-17-16(11-26)19(13-3-2-4-14(9-13)20(22,23)24)25-27(17)10-15-5-6-18(21)29-15/h2-6,9H,7-8,10-11H2,1H3. The maximum absolute atomic E-state index is 13.2. The lowest BCUT2D eigenvalue weighted by atomic mass is 9.99. The van der Waals surface area contributed by atoms with Gasteiger partial charge in [0.05, 0.1) is 22.1 Å². The summed E-state index contributed by atoms with van der Waals surface area (Å²) in [4.78, 5) is 14.6. The van der Waals surface area contributed by atoms with Gasteiger partial charge in [-0.15, -0.1) is 11.3 Å². The number of carbonyl (C=O) groups excluding carboxylic acids is 1. The number of hydrogen-bond donors (Lipinski definition) is 0. The Bertz CT molecular complexity index is 1070. The molecule has 0 saturated heterocycles. The van der Waals surface area contributed by atoms with E-state index in [-0.39, 0.29) is 5.91 Å². The maximum Gasteiger partial charge on any atom is 0.416 e. The average Bonchev–Trinajstić information content (AvgIpc) is 3.24. The normalized spacial score (nSPS) is 14.2. The lowest BCUT2D eigenvalue weighted by molar-refractivity contribution is -0.137. The Morgan fingerprint density at radius 1 is 1.28 bits per heavy atom. The van der Waals surface area contributed by atoms with Crippen LogP contribution in [0, 0.1) is 0 Å². The molecule has 0 fully saturated rings. The Labute approximate surface area is 174 Å². The number of thiophene rings is 1. The molecule has 0 N–H and O–H groups in total. The summed E-state index contributed by atoms with van der Waals surface area (Å²) in [6.07, 6.45) is -3.84. The van der Waals surface area contributed by atoms with Crippen LogP contribution >= 0.6 is 22.9 Å². The molecule has 3 aromatic rings. The first-order valence-electron chi connectivity index (χ1n) is 8.98. The molecule has 4 nitrogen and oxygen atoms in total. The van der Waals surface area contributed by atoms with Crippen LogP contribution in [0.3, 0.4) is 0 Å². The molecule has 29 heavy (non-hydrogen) atoms. The molecule has 1 aliphatic rings. The molecule has 0 atom stereocenters. The van der Waals surface area contributed by atoms with E-state index in [0.29, 0.717) is 41.6 Å². The molecule has 3 heterocycles. The number of carbonyl (C=O) groups is 1. The number of rotatable bonds is 3. The summed E-state index contributed by atoms with van der Waals surface area (Å²) in [6, 6.07) is 8.88. The van der Waals surface area contributed by atoms with E-state index in [1.807, 2.05) is 16.8 Å². The van der Waals surface area contributed by atoms with Crippen LogP contribution in [0.5, 0.6) is 0 Å². The Balaban J connectivity index is 1.80. The van der Waals surface area contributed by atoms with Gasteiger partial charge in [-0.25, -0.2) is 0 Å². The Hall–Kier alpha value is -2.32. The lowest BCUT2D eigenvalue weighted by Gasteiger charge is -2.27. The van der Waals surface area contributed by atoms with Gasteiger partial charge in [-0.2, -0.15) is 18.3 Å². The van der Waals surface area contributed by atoms with Gasteiger partial charge >= 0.3 is 6.18 Å². The lowest BCUT2D eigenvalue weighted by Crippen LogP contribution is -2.34. The first-order chi connectivity index (χ1) is 13.7. The van der Waals surface area contributed by atoms with E-state index in [2.05, 4.69) is 5.10 Å². The van der Waals surface area contributed by atoms with Gasteiger partial charge in [-0.05, 0) is 24.3 Å². The fraction of sp³-hybridized carbons (Fsp3) is 0.300. The maximum atomic E-state index is 13.2. The van der Waals surface area contributed by atoms with E-state index in [1.165, 1.54) is 24.3 Å². The minimum Gasteiger partial charge on any atom is -0.338 e. The van der Waals surface area contributed by atoms with Crippen LogP contribution < -0.4 is 0 Å². The minimum atomic E-state index is -4.43. The van der Waals surface area contributed by atoms with E-state index >= 15 is 0 Å². The zero-order valence-electron chi connectivity index (χ0n) is 15.5. The molecule has 1 amide bonds. The van der Waals surface area contributed by atoms with Crippen molar-refractivity contribution in [2.24, 2.45) is 0 Å². The summed E-state index contributed by atoms with van der Waals surface area (Å²) >= 11 is 7.46. The van der Waals surface area contributed by atoms with Crippen LogP contribution in [0.4, 0.5) is 13.2 Å². The van der Waals surface area contributed by atoms with Gasteiger partial charge in [0.25, 0.3) is 0 Å². The molecule has 0 unspecified atom stereocenters. The van der Waals surface area contributed by atoms with Gasteiger partial charge in [0, 0.05) is 48.1 Å². The molecular formula is C20H17ClF3N3OS. The number of alkyl halides is 3. The van der Waals surface area contributed by atoms with Crippen LogP contribution in [0.1, 0.15) is 28.6 Å². The van der Waals surface area contributed by atoms with Crippen molar-refractivity contribution in [2.45, 2.75) is 32.6 Å². The second kappa shape index (κ2) is 7.50. The largest absolute Gasteiger partial charge is 0.416 e. The molecule has 0 saturated carbocycles. The summed E-state index contributed by atoms with van der Waals surface area (Å²) in [5.74, 6) is -0.0663. The van der Waals surface area contributed by atoms with E-state index in [1.54, 1.807) is 11.0 Å². The monoisotopic (exact) mass is 439 g/mol. The molecular weight excluding hydrogens is 423 g/mol. The number of fused-ring (bicyclic) bond motifs is 1. The third-order valence-corrected chi connectivity index (χ3v) is 6.19. The van der Waals surface area contributed by atoms with E-state index in [4.69, 9.17) is 11.6 Å². The smallest absolute Gasteiger partial charge is 0.338 e. The summed E-state index contributed by atoms with van der Waals surface area (Å²) in [7, 11) is 0. The molecule has 4 rings (SSSR count). The van der Waals surface area contributed by atoms with Crippen molar-refractivity contribution >= 4 is 28.8 Å². The molecule has 0 bridgehead atoms. The minimum absolute atomic E-state index is 0.0663. The zero-order chi connectivity index (χ0) is 20.8. The molecule has 2 aromatic heterocycles. The SMILES string of the molecule is CC(=O)N1CCc2c(c(-c3cccc(C(F)(F)F)c3)nn2Cc2ccc(Cl)s2)C1. The van der Waals surface area contributed by atoms with Crippen molar-refractivity contribution < 1.29 is 18.0 Å². The highest BCUT2D eigenvalue weighted by Gasteiger charge is 2.32. The van der Waals surface area contributed by atoms with Crippen LogP contribution in [-0.4, -0.2) is 27.1 Å².